The van der Waals surface area contributed by atoms with Crippen molar-refractivity contribution in [2.75, 3.05) is 32.1 Å². The highest BCUT2D eigenvalue weighted by atomic mass is 35.5. The average molecular weight is 359 g/mol. The van der Waals surface area contributed by atoms with Crippen LogP contribution in [0.5, 0.6) is 0 Å². The Morgan fingerprint density at radius 1 is 1.36 bits per heavy atom. The molecule has 0 radical (unpaired) electrons. The number of carbonyl (C=O) groups is 1. The van der Waals surface area contributed by atoms with Gasteiger partial charge in [-0.25, -0.2) is 8.42 Å². The third kappa shape index (κ3) is 6.22. The largest absolute Gasteiger partial charge is 0.383 e. The Labute approximate surface area is 133 Å². The van der Waals surface area contributed by atoms with Gasteiger partial charge in [0.05, 0.1) is 18.0 Å². The fourth-order valence-corrected chi connectivity index (χ4v) is 2.20. The standard InChI is InChI=1S/C12H16F2N2O4S.ClH/c1-20-6-5-15-8-11(17)16-9-3-2-4-10(7-9)21(18,19)12(13)14;/h2-4,7,12,15H,5-6,8H2,1H3,(H,16,17);1H. The fraction of sp³-hybridized carbons (Fsp3) is 0.417. The second-order valence-electron chi connectivity index (χ2n) is 4.05. The van der Waals surface area contributed by atoms with Gasteiger partial charge in [0, 0.05) is 19.3 Å². The van der Waals surface area contributed by atoms with Gasteiger partial charge in [-0.1, -0.05) is 6.07 Å². The number of alkyl halides is 2. The van der Waals surface area contributed by atoms with Crippen LogP contribution in [0.4, 0.5) is 14.5 Å². The molecule has 126 valence electrons. The molecule has 22 heavy (non-hydrogen) atoms. The first-order valence-corrected chi connectivity index (χ1v) is 7.54. The molecule has 0 heterocycles. The van der Waals surface area contributed by atoms with Crippen LogP contribution in [0.15, 0.2) is 29.2 Å². The number of amides is 1. The highest BCUT2D eigenvalue weighted by Crippen LogP contribution is 2.21. The second kappa shape index (κ2) is 9.67. The summed E-state index contributed by atoms with van der Waals surface area (Å²) in [5.41, 5.74) is 0.135. The highest BCUT2D eigenvalue weighted by molar-refractivity contribution is 7.91. The minimum absolute atomic E-state index is 0. The minimum Gasteiger partial charge on any atom is -0.383 e. The van der Waals surface area contributed by atoms with Crippen molar-refractivity contribution in [3.63, 3.8) is 0 Å². The first kappa shape index (κ1) is 20.7. The molecule has 0 aliphatic carbocycles. The van der Waals surface area contributed by atoms with Crippen LogP contribution in [-0.2, 0) is 19.4 Å². The monoisotopic (exact) mass is 358 g/mol. The Morgan fingerprint density at radius 3 is 2.64 bits per heavy atom. The van der Waals surface area contributed by atoms with Crippen molar-refractivity contribution in [2.24, 2.45) is 0 Å². The summed E-state index contributed by atoms with van der Waals surface area (Å²) >= 11 is 0. The van der Waals surface area contributed by atoms with Gasteiger partial charge in [-0.05, 0) is 18.2 Å². The quantitative estimate of drug-likeness (QED) is 0.684. The molecule has 0 aromatic heterocycles. The van der Waals surface area contributed by atoms with Crippen molar-refractivity contribution >= 4 is 33.8 Å². The molecule has 0 fully saturated rings. The zero-order valence-corrected chi connectivity index (χ0v) is 13.3. The molecular formula is C12H17ClF2N2O4S. The smallest absolute Gasteiger partial charge is 0.341 e. The van der Waals surface area contributed by atoms with Crippen molar-refractivity contribution in [3.05, 3.63) is 24.3 Å². The summed E-state index contributed by atoms with van der Waals surface area (Å²) in [5, 5.41) is 5.21. The Kier molecular flexibility index (Phi) is 9.10. The molecule has 0 saturated heterocycles. The van der Waals surface area contributed by atoms with Crippen LogP contribution >= 0.6 is 12.4 Å². The van der Waals surface area contributed by atoms with Gasteiger partial charge in [0.25, 0.3) is 0 Å². The van der Waals surface area contributed by atoms with Crippen LogP contribution in [0, 0.1) is 0 Å². The van der Waals surface area contributed by atoms with Crippen LogP contribution < -0.4 is 10.6 Å². The fourth-order valence-electron chi connectivity index (χ4n) is 1.44. The number of ether oxygens (including phenoxy) is 1. The van der Waals surface area contributed by atoms with E-state index >= 15 is 0 Å². The second-order valence-corrected chi connectivity index (χ2v) is 5.97. The van der Waals surface area contributed by atoms with Crippen molar-refractivity contribution in [1.82, 2.24) is 5.32 Å². The SMILES string of the molecule is COCCNCC(=O)Nc1cccc(S(=O)(=O)C(F)F)c1.Cl. The third-order valence-corrected chi connectivity index (χ3v) is 3.83. The molecule has 0 atom stereocenters. The van der Waals surface area contributed by atoms with E-state index in [2.05, 4.69) is 10.6 Å². The summed E-state index contributed by atoms with van der Waals surface area (Å²) in [7, 11) is -3.15. The van der Waals surface area contributed by atoms with Crippen LogP contribution in [0.25, 0.3) is 0 Å². The van der Waals surface area contributed by atoms with Crippen molar-refractivity contribution in [2.45, 2.75) is 10.7 Å². The van der Waals surface area contributed by atoms with E-state index in [9.17, 15) is 22.0 Å². The van der Waals surface area contributed by atoms with Crippen LogP contribution in [0.1, 0.15) is 0 Å². The first-order chi connectivity index (χ1) is 9.87. The van der Waals surface area contributed by atoms with E-state index in [1.165, 1.54) is 19.2 Å². The highest BCUT2D eigenvalue weighted by Gasteiger charge is 2.26. The average Bonchev–Trinajstić information content (AvgIpc) is 2.43. The van der Waals surface area contributed by atoms with Crippen molar-refractivity contribution in [3.8, 4) is 0 Å². The lowest BCUT2D eigenvalue weighted by Gasteiger charge is -2.08. The van der Waals surface area contributed by atoms with Crippen LogP contribution in [0.2, 0.25) is 0 Å². The van der Waals surface area contributed by atoms with Crippen LogP contribution in [-0.4, -0.2) is 46.9 Å². The number of benzene rings is 1. The molecule has 0 unspecified atom stereocenters. The zero-order valence-electron chi connectivity index (χ0n) is 11.7. The molecule has 0 aliphatic heterocycles. The van der Waals surface area contributed by atoms with Gasteiger partial charge in [0.1, 0.15) is 0 Å². The molecular weight excluding hydrogens is 342 g/mol. The van der Waals surface area contributed by atoms with E-state index in [4.69, 9.17) is 4.74 Å². The van der Waals surface area contributed by atoms with Gasteiger partial charge in [0.2, 0.25) is 15.7 Å². The summed E-state index contributed by atoms with van der Waals surface area (Å²) in [6, 6.07) is 4.74. The maximum Gasteiger partial charge on any atom is 0.341 e. The molecule has 0 bridgehead atoms. The van der Waals surface area contributed by atoms with E-state index < -0.39 is 26.4 Å². The lowest BCUT2D eigenvalue weighted by Crippen LogP contribution is -2.30. The number of halogens is 3. The normalized spacial score (nSPS) is 11.1. The minimum atomic E-state index is -4.68. The van der Waals surface area contributed by atoms with Crippen molar-refractivity contribution < 1.29 is 26.7 Å². The molecule has 1 rings (SSSR count). The van der Waals surface area contributed by atoms with Gasteiger partial charge < -0.3 is 15.4 Å². The number of hydrogen-bond acceptors (Lipinski definition) is 5. The maximum absolute atomic E-state index is 12.4. The third-order valence-electron chi connectivity index (χ3n) is 2.45. The number of sulfone groups is 1. The van der Waals surface area contributed by atoms with Crippen LogP contribution in [0.3, 0.4) is 0 Å². The Hall–Kier alpha value is -1.29. The molecule has 0 spiro atoms. The Morgan fingerprint density at radius 2 is 2.05 bits per heavy atom. The molecule has 0 aliphatic rings. The first-order valence-electron chi connectivity index (χ1n) is 5.99. The van der Waals surface area contributed by atoms with E-state index in [1.807, 2.05) is 0 Å². The topological polar surface area (TPSA) is 84.5 Å². The molecule has 1 amide bonds. The summed E-state index contributed by atoms with van der Waals surface area (Å²) in [5.74, 6) is -3.92. The summed E-state index contributed by atoms with van der Waals surface area (Å²) in [6.45, 7) is 0.911. The number of anilines is 1. The summed E-state index contributed by atoms with van der Waals surface area (Å²) in [4.78, 5) is 11.0. The van der Waals surface area contributed by atoms with Gasteiger partial charge in [0.15, 0.2) is 0 Å². The molecule has 10 heteroatoms. The maximum atomic E-state index is 12.4. The van der Waals surface area contributed by atoms with Gasteiger partial charge in [-0.15, -0.1) is 12.4 Å². The zero-order chi connectivity index (χ0) is 15.9. The predicted molar refractivity (Wildman–Crippen MR) is 80.3 cm³/mol. The number of nitrogens with one attached hydrogen (secondary N) is 2. The van der Waals surface area contributed by atoms with Gasteiger partial charge in [-0.2, -0.15) is 8.78 Å². The molecule has 2 N–H and O–H groups in total. The lowest BCUT2D eigenvalue weighted by molar-refractivity contribution is -0.115. The van der Waals surface area contributed by atoms with Gasteiger partial charge in [-0.3, -0.25) is 4.79 Å². The van der Waals surface area contributed by atoms with E-state index in [0.29, 0.717) is 13.2 Å². The summed E-state index contributed by atoms with van der Waals surface area (Å²) < 4.78 is 52.3. The van der Waals surface area contributed by atoms with Crippen molar-refractivity contribution in [1.29, 1.82) is 0 Å². The lowest BCUT2D eigenvalue weighted by atomic mass is 10.3. The number of methoxy groups -OCH3 is 1. The van der Waals surface area contributed by atoms with E-state index in [1.54, 1.807) is 0 Å². The number of rotatable bonds is 8. The van der Waals surface area contributed by atoms with E-state index in [0.717, 1.165) is 12.1 Å². The number of hydrogen-bond donors (Lipinski definition) is 2. The van der Waals surface area contributed by atoms with Gasteiger partial charge >= 0.3 is 5.76 Å². The summed E-state index contributed by atoms with van der Waals surface area (Å²) in [6.07, 6.45) is 0. The Balaban J connectivity index is 0.00000441. The van der Waals surface area contributed by atoms with E-state index in [-0.39, 0.29) is 24.6 Å². The number of carbonyl (C=O) groups excluding carboxylic acids is 1. The Bertz CT molecular complexity index is 584. The molecule has 1 aromatic carbocycles. The predicted octanol–water partition coefficient (Wildman–Crippen LogP) is 1.28. The molecule has 6 nitrogen and oxygen atoms in total. The molecule has 1 aromatic rings. The molecule has 0 saturated carbocycles.